The molecule has 0 aromatic rings. The molecular weight excluding hydrogens is 228 g/mol. The van der Waals surface area contributed by atoms with Crippen LogP contribution in [0.15, 0.2) is 11.6 Å². The number of ether oxygens (including phenoxy) is 3. The van der Waals surface area contributed by atoms with Gasteiger partial charge in [-0.15, -0.1) is 0 Å². The van der Waals surface area contributed by atoms with E-state index in [1.807, 2.05) is 0 Å². The van der Waals surface area contributed by atoms with Gasteiger partial charge < -0.3 is 14.2 Å². The van der Waals surface area contributed by atoms with Gasteiger partial charge in [-0.05, 0) is 20.8 Å². The van der Waals surface area contributed by atoms with Crippen LogP contribution in [0.1, 0.15) is 20.8 Å². The van der Waals surface area contributed by atoms with Crippen molar-refractivity contribution in [1.82, 2.24) is 0 Å². The van der Waals surface area contributed by atoms with Crippen molar-refractivity contribution < 1.29 is 28.6 Å². The maximum Gasteiger partial charge on any atom is 0.344 e. The van der Waals surface area contributed by atoms with Gasteiger partial charge in [0.25, 0.3) is 0 Å². The van der Waals surface area contributed by atoms with Gasteiger partial charge in [0.2, 0.25) is 0 Å². The van der Waals surface area contributed by atoms with Gasteiger partial charge >= 0.3 is 17.9 Å². The van der Waals surface area contributed by atoms with Crippen molar-refractivity contribution in [2.24, 2.45) is 0 Å². The molecule has 17 heavy (non-hydrogen) atoms. The molecule has 0 rings (SSSR count). The second-order valence-electron chi connectivity index (χ2n) is 3.47. The maximum atomic E-state index is 11.3. The summed E-state index contributed by atoms with van der Waals surface area (Å²) in [6, 6.07) is 0. The molecule has 0 saturated carbocycles. The summed E-state index contributed by atoms with van der Waals surface area (Å²) >= 11 is 0. The molecule has 96 valence electrons. The quantitative estimate of drug-likeness (QED) is 0.400. The van der Waals surface area contributed by atoms with Crippen LogP contribution in [0.5, 0.6) is 0 Å². The molecule has 0 amide bonds. The molecule has 0 heterocycles. The van der Waals surface area contributed by atoms with E-state index in [0.29, 0.717) is 0 Å². The Labute approximate surface area is 99.5 Å². The summed E-state index contributed by atoms with van der Waals surface area (Å²) < 4.78 is 13.7. The third-order valence-electron chi connectivity index (χ3n) is 1.56. The molecule has 0 spiro atoms. The minimum absolute atomic E-state index is 0.0551. The fraction of sp³-hybridized carbons (Fsp3) is 0.545. The van der Waals surface area contributed by atoms with Crippen LogP contribution in [0.4, 0.5) is 0 Å². The predicted molar refractivity (Wildman–Crippen MR) is 58.0 cm³/mol. The van der Waals surface area contributed by atoms with Gasteiger partial charge in [-0.2, -0.15) is 0 Å². The van der Waals surface area contributed by atoms with Crippen LogP contribution in [0, 0.1) is 0 Å². The Balaban J connectivity index is 4.24. The molecule has 0 radical (unpaired) electrons. The Bertz CT molecular complexity index is 329. The molecule has 0 atom stereocenters. The van der Waals surface area contributed by atoms with Crippen molar-refractivity contribution in [2.75, 3.05) is 13.7 Å². The average Bonchev–Trinajstić information content (AvgIpc) is 2.23. The summed E-state index contributed by atoms with van der Waals surface area (Å²) in [6.45, 7) is 4.29. The van der Waals surface area contributed by atoms with Crippen molar-refractivity contribution in [3.63, 3.8) is 0 Å². The monoisotopic (exact) mass is 244 g/mol. The van der Waals surface area contributed by atoms with Gasteiger partial charge in [0.1, 0.15) is 0 Å². The highest BCUT2D eigenvalue weighted by Gasteiger charge is 2.11. The van der Waals surface area contributed by atoms with E-state index in [0.717, 1.165) is 6.08 Å². The Kier molecular flexibility index (Phi) is 6.62. The lowest BCUT2D eigenvalue weighted by Crippen LogP contribution is -2.17. The fourth-order valence-corrected chi connectivity index (χ4v) is 0.799. The molecule has 0 aliphatic heterocycles. The molecule has 0 saturated heterocycles. The Morgan fingerprint density at radius 1 is 1.24 bits per heavy atom. The van der Waals surface area contributed by atoms with Crippen LogP contribution in [0.2, 0.25) is 0 Å². The summed E-state index contributed by atoms with van der Waals surface area (Å²) in [5.74, 6) is -2.07. The largest absolute Gasteiger partial charge is 0.466 e. The van der Waals surface area contributed by atoms with Gasteiger partial charge in [0, 0.05) is 11.6 Å². The van der Waals surface area contributed by atoms with E-state index >= 15 is 0 Å². The number of rotatable bonds is 5. The number of esters is 3. The summed E-state index contributed by atoms with van der Waals surface area (Å²) in [5, 5.41) is 0. The highest BCUT2D eigenvalue weighted by molar-refractivity contribution is 5.96. The Hall–Kier alpha value is -1.85. The highest BCUT2D eigenvalue weighted by Crippen LogP contribution is 1.99. The Morgan fingerprint density at radius 3 is 2.29 bits per heavy atom. The number of methoxy groups -OCH3 is 1. The topological polar surface area (TPSA) is 78.9 Å². The van der Waals surface area contributed by atoms with E-state index in [2.05, 4.69) is 9.47 Å². The summed E-state index contributed by atoms with van der Waals surface area (Å²) in [6.07, 6.45) is 0.747. The molecular formula is C11H16O6. The summed E-state index contributed by atoms with van der Waals surface area (Å²) in [7, 11) is 1.18. The van der Waals surface area contributed by atoms with Gasteiger partial charge in [-0.25, -0.2) is 14.4 Å². The zero-order valence-electron chi connectivity index (χ0n) is 10.3. The van der Waals surface area contributed by atoms with E-state index in [9.17, 15) is 14.4 Å². The number of hydrogen-bond acceptors (Lipinski definition) is 6. The molecule has 0 unspecified atom stereocenters. The zero-order chi connectivity index (χ0) is 13.4. The molecule has 0 aliphatic carbocycles. The lowest BCUT2D eigenvalue weighted by atomic mass is 10.3. The number of hydrogen-bond donors (Lipinski definition) is 0. The van der Waals surface area contributed by atoms with Crippen molar-refractivity contribution in [2.45, 2.75) is 26.9 Å². The first-order chi connectivity index (χ1) is 7.86. The minimum atomic E-state index is -0.767. The Morgan fingerprint density at radius 2 is 1.82 bits per heavy atom. The van der Waals surface area contributed by atoms with Gasteiger partial charge in [0.05, 0.1) is 13.2 Å². The zero-order valence-corrected chi connectivity index (χ0v) is 10.3. The van der Waals surface area contributed by atoms with Crippen molar-refractivity contribution in [1.29, 1.82) is 0 Å². The smallest absolute Gasteiger partial charge is 0.344 e. The molecule has 6 heteroatoms. The second-order valence-corrected chi connectivity index (χ2v) is 3.47. The van der Waals surface area contributed by atoms with Crippen LogP contribution < -0.4 is 0 Å². The van der Waals surface area contributed by atoms with Crippen molar-refractivity contribution in [3.8, 4) is 0 Å². The van der Waals surface area contributed by atoms with E-state index in [4.69, 9.17) is 4.74 Å². The van der Waals surface area contributed by atoms with Gasteiger partial charge in [-0.1, -0.05) is 0 Å². The number of carbonyl (C=O) groups is 3. The normalized spacial score (nSPS) is 11.0. The lowest BCUT2D eigenvalue weighted by molar-refractivity contribution is -0.154. The number of carbonyl (C=O) groups excluding carboxylic acids is 3. The molecule has 6 nitrogen and oxygen atoms in total. The molecule has 0 bridgehead atoms. The molecule has 0 fully saturated rings. The molecule has 0 aromatic heterocycles. The van der Waals surface area contributed by atoms with E-state index in [1.54, 1.807) is 13.8 Å². The van der Waals surface area contributed by atoms with Crippen molar-refractivity contribution in [3.05, 3.63) is 11.6 Å². The second kappa shape index (κ2) is 7.43. The summed E-state index contributed by atoms with van der Waals surface area (Å²) in [5.41, 5.74) is 0.0551. The van der Waals surface area contributed by atoms with Gasteiger partial charge in [-0.3, -0.25) is 0 Å². The van der Waals surface area contributed by atoms with Gasteiger partial charge in [0.15, 0.2) is 6.61 Å². The third-order valence-corrected chi connectivity index (χ3v) is 1.56. The first-order valence-corrected chi connectivity index (χ1v) is 4.99. The van der Waals surface area contributed by atoms with Crippen LogP contribution in [0.25, 0.3) is 0 Å². The van der Waals surface area contributed by atoms with Crippen LogP contribution in [-0.2, 0) is 28.6 Å². The molecule has 0 aromatic carbocycles. The van der Waals surface area contributed by atoms with Crippen LogP contribution >= 0.6 is 0 Å². The first-order valence-electron chi connectivity index (χ1n) is 4.99. The molecule has 0 N–H and O–H groups in total. The first kappa shape index (κ1) is 15.2. The fourth-order valence-electron chi connectivity index (χ4n) is 0.799. The SMILES string of the molecule is COC(=O)COC(=O)/C(C)=C\C(=O)OC(C)C. The van der Waals surface area contributed by atoms with E-state index in [-0.39, 0.29) is 11.7 Å². The maximum absolute atomic E-state index is 11.3. The van der Waals surface area contributed by atoms with Crippen LogP contribution in [0.3, 0.4) is 0 Å². The standard InChI is InChI=1S/C11H16O6/c1-7(2)17-9(12)5-8(3)11(14)16-6-10(13)15-4/h5,7H,6H2,1-4H3/b8-5-. The van der Waals surface area contributed by atoms with Crippen molar-refractivity contribution >= 4 is 17.9 Å². The summed E-state index contributed by atoms with van der Waals surface area (Å²) in [4.78, 5) is 33.1. The van der Waals surface area contributed by atoms with Crippen LogP contribution in [-0.4, -0.2) is 37.7 Å². The third kappa shape index (κ3) is 7.10. The lowest BCUT2D eigenvalue weighted by Gasteiger charge is -2.06. The van der Waals surface area contributed by atoms with E-state index < -0.39 is 24.5 Å². The highest BCUT2D eigenvalue weighted by atomic mass is 16.6. The van der Waals surface area contributed by atoms with E-state index in [1.165, 1.54) is 14.0 Å². The average molecular weight is 244 g/mol. The minimum Gasteiger partial charge on any atom is -0.466 e. The predicted octanol–water partition coefficient (Wildman–Crippen LogP) is 0.600. The molecule has 0 aliphatic rings.